The van der Waals surface area contributed by atoms with Crippen molar-refractivity contribution in [3.8, 4) is 23.3 Å². The Bertz CT molecular complexity index is 780. The summed E-state index contributed by atoms with van der Waals surface area (Å²) in [6.07, 6.45) is 0. The monoisotopic (exact) mass is 262 g/mol. The second-order valence-corrected chi connectivity index (χ2v) is 4.27. The van der Waals surface area contributed by atoms with Crippen molar-refractivity contribution < 1.29 is 9.90 Å². The van der Waals surface area contributed by atoms with Crippen LogP contribution in [0.25, 0.3) is 11.1 Å². The molecule has 0 saturated carbocycles. The summed E-state index contributed by atoms with van der Waals surface area (Å²) in [5.41, 5.74) is 3.05. The third kappa shape index (κ3) is 2.23. The van der Waals surface area contributed by atoms with Gasteiger partial charge in [0.2, 0.25) is 0 Å². The molecule has 2 aromatic rings. The van der Waals surface area contributed by atoms with Crippen LogP contribution in [0.2, 0.25) is 0 Å². The standard InChI is InChI=1S/C16H10N2O2/c1-10-12(8-17)3-2-4-14(10)15-6-5-11(16(19)20)7-13(15)9-18/h2-7H,1H3,(H,19,20). The van der Waals surface area contributed by atoms with E-state index in [0.29, 0.717) is 11.1 Å². The highest BCUT2D eigenvalue weighted by Gasteiger charge is 2.12. The van der Waals surface area contributed by atoms with E-state index in [9.17, 15) is 10.1 Å². The normalized spacial score (nSPS) is 9.55. The maximum absolute atomic E-state index is 10.9. The van der Waals surface area contributed by atoms with Crippen molar-refractivity contribution in [2.45, 2.75) is 6.92 Å². The number of carboxylic acids is 1. The molecule has 20 heavy (non-hydrogen) atoms. The Kier molecular flexibility index (Phi) is 3.50. The number of nitrogens with zero attached hydrogens (tertiary/aromatic N) is 2. The van der Waals surface area contributed by atoms with Crippen molar-refractivity contribution >= 4 is 5.97 Å². The number of carboxylic acid groups (broad SMARTS) is 1. The lowest BCUT2D eigenvalue weighted by molar-refractivity contribution is 0.0697. The van der Waals surface area contributed by atoms with Crippen LogP contribution in [0.3, 0.4) is 0 Å². The van der Waals surface area contributed by atoms with Gasteiger partial charge in [0.05, 0.1) is 28.8 Å². The molecule has 0 aromatic heterocycles. The molecule has 0 aliphatic carbocycles. The second kappa shape index (κ2) is 5.26. The fourth-order valence-electron chi connectivity index (χ4n) is 2.05. The zero-order valence-corrected chi connectivity index (χ0v) is 10.7. The topological polar surface area (TPSA) is 84.9 Å². The Balaban J connectivity index is 2.69. The van der Waals surface area contributed by atoms with Crippen molar-refractivity contribution in [3.63, 3.8) is 0 Å². The second-order valence-electron chi connectivity index (χ2n) is 4.27. The highest BCUT2D eigenvalue weighted by molar-refractivity contribution is 5.90. The first kappa shape index (κ1) is 13.3. The summed E-state index contributed by atoms with van der Waals surface area (Å²) in [5, 5.41) is 27.2. The first-order valence-corrected chi connectivity index (χ1v) is 5.86. The van der Waals surface area contributed by atoms with Crippen LogP contribution in [0.5, 0.6) is 0 Å². The fourth-order valence-corrected chi connectivity index (χ4v) is 2.05. The molecule has 0 saturated heterocycles. The minimum atomic E-state index is -1.07. The Morgan fingerprint density at radius 3 is 2.35 bits per heavy atom. The molecule has 0 bridgehead atoms. The Morgan fingerprint density at radius 1 is 1.05 bits per heavy atom. The minimum Gasteiger partial charge on any atom is -0.478 e. The summed E-state index contributed by atoms with van der Waals surface area (Å²) >= 11 is 0. The van der Waals surface area contributed by atoms with E-state index in [-0.39, 0.29) is 11.1 Å². The summed E-state index contributed by atoms with van der Waals surface area (Å²) in [6.45, 7) is 1.81. The highest BCUT2D eigenvalue weighted by atomic mass is 16.4. The SMILES string of the molecule is Cc1c(C#N)cccc1-c1ccc(C(=O)O)cc1C#N. The summed E-state index contributed by atoms with van der Waals surface area (Å²) in [5.74, 6) is -1.07. The van der Waals surface area contributed by atoms with Gasteiger partial charge in [-0.15, -0.1) is 0 Å². The van der Waals surface area contributed by atoms with Gasteiger partial charge in [-0.3, -0.25) is 0 Å². The van der Waals surface area contributed by atoms with E-state index in [1.165, 1.54) is 12.1 Å². The van der Waals surface area contributed by atoms with Gasteiger partial charge in [0, 0.05) is 0 Å². The molecule has 2 aromatic carbocycles. The van der Waals surface area contributed by atoms with E-state index in [4.69, 9.17) is 10.4 Å². The number of rotatable bonds is 2. The van der Waals surface area contributed by atoms with Crippen LogP contribution in [-0.4, -0.2) is 11.1 Å². The lowest BCUT2D eigenvalue weighted by atomic mass is 9.93. The van der Waals surface area contributed by atoms with E-state index >= 15 is 0 Å². The number of aromatic carboxylic acids is 1. The van der Waals surface area contributed by atoms with E-state index < -0.39 is 5.97 Å². The molecule has 4 nitrogen and oxygen atoms in total. The molecule has 0 unspecified atom stereocenters. The first-order valence-electron chi connectivity index (χ1n) is 5.86. The van der Waals surface area contributed by atoms with Crippen molar-refractivity contribution in [2.24, 2.45) is 0 Å². The molecule has 0 spiro atoms. The summed E-state index contributed by atoms with van der Waals surface area (Å²) < 4.78 is 0. The molecule has 0 amide bonds. The van der Waals surface area contributed by atoms with E-state index in [2.05, 4.69) is 6.07 Å². The molecule has 0 aliphatic rings. The van der Waals surface area contributed by atoms with Crippen molar-refractivity contribution in [1.29, 1.82) is 10.5 Å². The van der Waals surface area contributed by atoms with Gasteiger partial charge in [-0.1, -0.05) is 18.2 Å². The molecule has 96 valence electrons. The molecule has 2 rings (SSSR count). The Morgan fingerprint density at radius 2 is 1.75 bits per heavy atom. The van der Waals surface area contributed by atoms with E-state index in [1.807, 2.05) is 12.1 Å². The molecule has 4 heteroatoms. The lowest BCUT2D eigenvalue weighted by Crippen LogP contribution is -1.98. The molecule has 0 fully saturated rings. The van der Waals surface area contributed by atoms with Crippen molar-refractivity contribution in [1.82, 2.24) is 0 Å². The van der Waals surface area contributed by atoms with Crippen molar-refractivity contribution in [3.05, 3.63) is 58.7 Å². The quantitative estimate of drug-likeness (QED) is 0.901. The molecular weight excluding hydrogens is 252 g/mol. The zero-order chi connectivity index (χ0) is 14.7. The summed E-state index contributed by atoms with van der Waals surface area (Å²) in [6, 6.07) is 13.8. The van der Waals surface area contributed by atoms with Gasteiger partial charge in [0.1, 0.15) is 0 Å². The lowest BCUT2D eigenvalue weighted by Gasteiger charge is -2.09. The fraction of sp³-hybridized carbons (Fsp3) is 0.0625. The van der Waals surface area contributed by atoms with Crippen LogP contribution in [0.15, 0.2) is 36.4 Å². The largest absolute Gasteiger partial charge is 0.478 e. The van der Waals surface area contributed by atoms with E-state index in [1.54, 1.807) is 25.1 Å². The predicted octanol–water partition coefficient (Wildman–Crippen LogP) is 3.10. The number of carbonyl (C=O) groups is 1. The van der Waals surface area contributed by atoms with Crippen LogP contribution in [0.4, 0.5) is 0 Å². The molecule has 0 atom stereocenters. The van der Waals surface area contributed by atoms with Gasteiger partial charge in [-0.2, -0.15) is 10.5 Å². The Hall–Kier alpha value is -3.11. The van der Waals surface area contributed by atoms with Gasteiger partial charge in [-0.05, 0) is 41.8 Å². The van der Waals surface area contributed by atoms with Crippen LogP contribution >= 0.6 is 0 Å². The Labute approximate surface area is 116 Å². The average Bonchev–Trinajstić information content (AvgIpc) is 2.47. The number of hydrogen-bond acceptors (Lipinski definition) is 3. The van der Waals surface area contributed by atoms with Gasteiger partial charge in [-0.25, -0.2) is 4.79 Å². The van der Waals surface area contributed by atoms with Gasteiger partial charge in [0.25, 0.3) is 0 Å². The minimum absolute atomic E-state index is 0.0689. The molecular formula is C16H10N2O2. The summed E-state index contributed by atoms with van der Waals surface area (Å²) in [7, 11) is 0. The van der Waals surface area contributed by atoms with Gasteiger partial charge >= 0.3 is 5.97 Å². The van der Waals surface area contributed by atoms with Crippen LogP contribution in [0.1, 0.15) is 27.0 Å². The van der Waals surface area contributed by atoms with Crippen LogP contribution in [0, 0.1) is 29.6 Å². The third-order valence-electron chi connectivity index (χ3n) is 3.13. The average molecular weight is 262 g/mol. The maximum atomic E-state index is 10.9. The number of nitriles is 2. The van der Waals surface area contributed by atoms with Gasteiger partial charge in [0.15, 0.2) is 0 Å². The highest BCUT2D eigenvalue weighted by Crippen LogP contribution is 2.29. The van der Waals surface area contributed by atoms with E-state index in [0.717, 1.165) is 11.1 Å². The number of hydrogen-bond donors (Lipinski definition) is 1. The van der Waals surface area contributed by atoms with Crippen molar-refractivity contribution in [2.75, 3.05) is 0 Å². The number of benzene rings is 2. The smallest absolute Gasteiger partial charge is 0.335 e. The van der Waals surface area contributed by atoms with Crippen LogP contribution in [-0.2, 0) is 0 Å². The predicted molar refractivity (Wildman–Crippen MR) is 73.0 cm³/mol. The first-order chi connectivity index (χ1) is 9.58. The third-order valence-corrected chi connectivity index (χ3v) is 3.13. The van der Waals surface area contributed by atoms with Crippen LogP contribution < -0.4 is 0 Å². The molecule has 0 heterocycles. The maximum Gasteiger partial charge on any atom is 0.335 e. The summed E-state index contributed by atoms with van der Waals surface area (Å²) in [4.78, 5) is 10.9. The molecule has 1 N–H and O–H groups in total. The zero-order valence-electron chi connectivity index (χ0n) is 10.7. The molecule has 0 aliphatic heterocycles. The molecule has 0 radical (unpaired) electrons. The van der Waals surface area contributed by atoms with Gasteiger partial charge < -0.3 is 5.11 Å².